The van der Waals surface area contributed by atoms with Gasteiger partial charge in [-0.05, 0) is 26.3 Å². The molecular formula is C11H18ClN3O. The first-order chi connectivity index (χ1) is 7.74. The van der Waals surface area contributed by atoms with Crippen LogP contribution in [-0.4, -0.2) is 27.5 Å². The van der Waals surface area contributed by atoms with Crippen molar-refractivity contribution in [3.8, 4) is 0 Å². The van der Waals surface area contributed by atoms with E-state index in [0.29, 0.717) is 5.02 Å². The molecule has 90 valence electrons. The van der Waals surface area contributed by atoms with Gasteiger partial charge in [0.2, 0.25) is 0 Å². The molecule has 1 saturated heterocycles. The summed E-state index contributed by atoms with van der Waals surface area (Å²) in [4.78, 5) is 0. The fourth-order valence-electron chi connectivity index (χ4n) is 2.26. The first-order valence-electron chi connectivity index (χ1n) is 5.86. The Morgan fingerprint density at radius 2 is 2.50 bits per heavy atom. The molecule has 5 heteroatoms. The molecule has 2 heterocycles. The van der Waals surface area contributed by atoms with Gasteiger partial charge < -0.3 is 10.4 Å². The molecular weight excluding hydrogens is 226 g/mol. The Labute approximate surface area is 101 Å². The average molecular weight is 244 g/mol. The largest absolute Gasteiger partial charge is 0.385 e. The Bertz CT molecular complexity index is 347. The highest BCUT2D eigenvalue weighted by molar-refractivity contribution is 6.31. The average Bonchev–Trinajstić information content (AvgIpc) is 2.70. The number of rotatable bonds is 3. The van der Waals surface area contributed by atoms with Gasteiger partial charge in [0.1, 0.15) is 6.10 Å². The van der Waals surface area contributed by atoms with E-state index in [0.717, 1.165) is 31.6 Å². The molecule has 2 rings (SSSR count). The van der Waals surface area contributed by atoms with Crippen LogP contribution in [-0.2, 0) is 6.54 Å². The molecule has 1 fully saturated rings. The van der Waals surface area contributed by atoms with Crippen molar-refractivity contribution < 1.29 is 5.11 Å². The molecule has 2 N–H and O–H groups in total. The highest BCUT2D eigenvalue weighted by atomic mass is 35.5. The van der Waals surface area contributed by atoms with Crippen molar-refractivity contribution in [2.45, 2.75) is 44.9 Å². The Morgan fingerprint density at radius 3 is 3.12 bits per heavy atom. The standard InChI is InChI=1S/C11H18ClN3O/c1-2-15-10(8(12)7-14-15)11(16)9-5-3-4-6-13-9/h7,9,11,13,16H,2-6H2,1H3. The molecule has 0 bridgehead atoms. The summed E-state index contributed by atoms with van der Waals surface area (Å²) in [6.07, 6.45) is 4.38. The Morgan fingerprint density at radius 1 is 1.69 bits per heavy atom. The van der Waals surface area contributed by atoms with E-state index in [1.165, 1.54) is 6.42 Å². The van der Waals surface area contributed by atoms with Crippen molar-refractivity contribution in [1.29, 1.82) is 0 Å². The van der Waals surface area contributed by atoms with Crippen LogP contribution in [0.15, 0.2) is 6.20 Å². The minimum Gasteiger partial charge on any atom is -0.385 e. The van der Waals surface area contributed by atoms with Gasteiger partial charge in [0.15, 0.2) is 0 Å². The third-order valence-corrected chi connectivity index (χ3v) is 3.43. The number of hydrogen-bond donors (Lipinski definition) is 2. The first kappa shape index (κ1) is 11.9. The number of nitrogens with one attached hydrogen (secondary N) is 1. The molecule has 1 aliphatic rings. The molecule has 2 unspecified atom stereocenters. The van der Waals surface area contributed by atoms with Crippen LogP contribution >= 0.6 is 11.6 Å². The van der Waals surface area contributed by atoms with Crippen LogP contribution in [0.2, 0.25) is 5.02 Å². The van der Waals surface area contributed by atoms with Crippen molar-refractivity contribution in [3.63, 3.8) is 0 Å². The maximum Gasteiger partial charge on any atom is 0.112 e. The normalized spacial score (nSPS) is 23.3. The number of halogens is 1. The van der Waals surface area contributed by atoms with Crippen LogP contribution in [0.5, 0.6) is 0 Å². The van der Waals surface area contributed by atoms with E-state index >= 15 is 0 Å². The second kappa shape index (κ2) is 5.17. The van der Waals surface area contributed by atoms with E-state index in [-0.39, 0.29) is 6.04 Å². The van der Waals surface area contributed by atoms with Crippen LogP contribution in [0, 0.1) is 0 Å². The first-order valence-corrected chi connectivity index (χ1v) is 6.24. The van der Waals surface area contributed by atoms with Crippen molar-refractivity contribution in [1.82, 2.24) is 15.1 Å². The van der Waals surface area contributed by atoms with Crippen LogP contribution in [0.4, 0.5) is 0 Å². The summed E-state index contributed by atoms with van der Waals surface area (Å²) in [6.45, 7) is 3.69. The molecule has 16 heavy (non-hydrogen) atoms. The second-order valence-corrected chi connectivity index (χ2v) is 4.60. The Hall–Kier alpha value is -0.580. The number of aromatic nitrogens is 2. The van der Waals surface area contributed by atoms with Crippen molar-refractivity contribution in [2.24, 2.45) is 0 Å². The predicted molar refractivity (Wildman–Crippen MR) is 63.5 cm³/mol. The molecule has 0 aromatic carbocycles. The zero-order valence-corrected chi connectivity index (χ0v) is 10.2. The summed E-state index contributed by atoms with van der Waals surface area (Å²) in [5.41, 5.74) is 0.739. The highest BCUT2D eigenvalue weighted by Crippen LogP contribution is 2.28. The predicted octanol–water partition coefficient (Wildman–Crippen LogP) is 1.73. The van der Waals surface area contributed by atoms with Gasteiger partial charge in [-0.15, -0.1) is 0 Å². The molecule has 0 amide bonds. The summed E-state index contributed by atoms with van der Waals surface area (Å²) in [5, 5.41) is 18.4. The quantitative estimate of drug-likeness (QED) is 0.850. The fourth-order valence-corrected chi connectivity index (χ4v) is 2.51. The summed E-state index contributed by atoms with van der Waals surface area (Å²) in [6, 6.07) is 0.105. The van der Waals surface area contributed by atoms with Gasteiger partial charge in [-0.25, -0.2) is 0 Å². The summed E-state index contributed by atoms with van der Waals surface area (Å²) >= 11 is 6.07. The van der Waals surface area contributed by atoms with E-state index in [2.05, 4.69) is 10.4 Å². The van der Waals surface area contributed by atoms with Gasteiger partial charge in [0.05, 0.1) is 16.9 Å². The van der Waals surface area contributed by atoms with Gasteiger partial charge in [0.25, 0.3) is 0 Å². The second-order valence-electron chi connectivity index (χ2n) is 4.19. The van der Waals surface area contributed by atoms with E-state index in [4.69, 9.17) is 11.6 Å². The molecule has 0 radical (unpaired) electrons. The number of piperidine rings is 1. The Kier molecular flexibility index (Phi) is 3.84. The lowest BCUT2D eigenvalue weighted by atomic mass is 9.98. The minimum atomic E-state index is -0.560. The number of aryl methyl sites for hydroxylation is 1. The van der Waals surface area contributed by atoms with E-state index < -0.39 is 6.10 Å². The fraction of sp³-hybridized carbons (Fsp3) is 0.727. The Balaban J connectivity index is 2.18. The lowest BCUT2D eigenvalue weighted by Crippen LogP contribution is -2.39. The molecule has 1 aliphatic heterocycles. The lowest BCUT2D eigenvalue weighted by molar-refractivity contribution is 0.105. The molecule has 4 nitrogen and oxygen atoms in total. The van der Waals surface area contributed by atoms with Crippen LogP contribution in [0.25, 0.3) is 0 Å². The van der Waals surface area contributed by atoms with Crippen molar-refractivity contribution in [3.05, 3.63) is 16.9 Å². The van der Waals surface area contributed by atoms with E-state index in [1.54, 1.807) is 10.9 Å². The summed E-state index contributed by atoms with van der Waals surface area (Å²) in [7, 11) is 0. The highest BCUT2D eigenvalue weighted by Gasteiger charge is 2.27. The molecule has 2 atom stereocenters. The van der Waals surface area contributed by atoms with Gasteiger partial charge in [-0.1, -0.05) is 18.0 Å². The number of aliphatic hydroxyl groups excluding tert-OH is 1. The smallest absolute Gasteiger partial charge is 0.112 e. The van der Waals surface area contributed by atoms with Gasteiger partial charge in [-0.2, -0.15) is 5.10 Å². The summed E-state index contributed by atoms with van der Waals surface area (Å²) < 4.78 is 1.77. The number of hydrogen-bond acceptors (Lipinski definition) is 3. The van der Waals surface area contributed by atoms with Crippen LogP contribution in [0.3, 0.4) is 0 Å². The monoisotopic (exact) mass is 243 g/mol. The third kappa shape index (κ3) is 2.24. The van der Waals surface area contributed by atoms with Gasteiger partial charge >= 0.3 is 0 Å². The van der Waals surface area contributed by atoms with E-state index in [1.807, 2.05) is 6.92 Å². The van der Waals surface area contributed by atoms with Crippen LogP contribution < -0.4 is 5.32 Å². The van der Waals surface area contributed by atoms with E-state index in [9.17, 15) is 5.11 Å². The zero-order valence-electron chi connectivity index (χ0n) is 9.49. The van der Waals surface area contributed by atoms with Gasteiger partial charge in [0, 0.05) is 12.6 Å². The van der Waals surface area contributed by atoms with Crippen LogP contribution in [0.1, 0.15) is 38.0 Å². The zero-order chi connectivity index (χ0) is 11.5. The molecule has 0 aliphatic carbocycles. The third-order valence-electron chi connectivity index (χ3n) is 3.14. The molecule has 1 aromatic heterocycles. The van der Waals surface area contributed by atoms with Crippen molar-refractivity contribution >= 4 is 11.6 Å². The molecule has 0 saturated carbocycles. The van der Waals surface area contributed by atoms with Crippen molar-refractivity contribution in [2.75, 3.05) is 6.54 Å². The minimum absolute atomic E-state index is 0.105. The molecule has 1 aromatic rings. The lowest BCUT2D eigenvalue weighted by Gasteiger charge is -2.28. The summed E-state index contributed by atoms with van der Waals surface area (Å²) in [5.74, 6) is 0. The number of aliphatic hydroxyl groups is 1. The van der Waals surface area contributed by atoms with Gasteiger partial charge in [-0.3, -0.25) is 4.68 Å². The topological polar surface area (TPSA) is 50.1 Å². The maximum atomic E-state index is 10.3. The SMILES string of the molecule is CCn1ncc(Cl)c1C(O)C1CCCCN1. The number of nitrogens with zero attached hydrogens (tertiary/aromatic N) is 2. The molecule has 0 spiro atoms. The maximum absolute atomic E-state index is 10.3.